The van der Waals surface area contributed by atoms with Gasteiger partial charge in [-0.25, -0.2) is 0 Å². The SMILES string of the molecule is Cc1cccc(C)c1N1CC(CO)NCC(C)(C)C1. The number of anilines is 1. The molecule has 3 heteroatoms. The Kier molecular flexibility index (Phi) is 4.16. The van der Waals surface area contributed by atoms with Crippen molar-refractivity contribution in [1.29, 1.82) is 0 Å². The van der Waals surface area contributed by atoms with Gasteiger partial charge in [-0.3, -0.25) is 0 Å². The standard InChI is InChI=1S/C16H26N2O/c1-12-6-5-7-13(2)15(12)18-8-14(9-19)17-10-16(3,4)11-18/h5-7,14,17,19H,8-11H2,1-4H3. The number of aliphatic hydroxyl groups is 1. The van der Waals surface area contributed by atoms with Crippen molar-refractivity contribution in [2.24, 2.45) is 5.41 Å². The average Bonchev–Trinajstić information content (AvgIpc) is 2.47. The first-order valence-corrected chi connectivity index (χ1v) is 7.08. The normalized spacial score (nSPS) is 23.2. The number of hydrogen-bond acceptors (Lipinski definition) is 3. The van der Waals surface area contributed by atoms with Crippen LogP contribution in [0, 0.1) is 19.3 Å². The molecule has 0 spiro atoms. The van der Waals surface area contributed by atoms with Crippen molar-refractivity contribution in [3.8, 4) is 0 Å². The molecule has 1 heterocycles. The monoisotopic (exact) mass is 262 g/mol. The highest BCUT2D eigenvalue weighted by Crippen LogP contribution is 2.29. The van der Waals surface area contributed by atoms with E-state index in [2.05, 4.69) is 56.1 Å². The molecular formula is C16H26N2O. The Bertz CT molecular complexity index is 422. The van der Waals surface area contributed by atoms with Crippen molar-refractivity contribution in [3.05, 3.63) is 29.3 Å². The molecule has 19 heavy (non-hydrogen) atoms. The Morgan fingerprint density at radius 1 is 1.32 bits per heavy atom. The maximum absolute atomic E-state index is 9.50. The zero-order chi connectivity index (χ0) is 14.0. The molecular weight excluding hydrogens is 236 g/mol. The first kappa shape index (κ1) is 14.4. The second-order valence-corrected chi connectivity index (χ2v) is 6.55. The fraction of sp³-hybridized carbons (Fsp3) is 0.625. The van der Waals surface area contributed by atoms with Crippen LogP contribution < -0.4 is 10.2 Å². The summed E-state index contributed by atoms with van der Waals surface area (Å²) < 4.78 is 0. The number of benzene rings is 1. The number of hydrogen-bond donors (Lipinski definition) is 2. The molecule has 0 saturated carbocycles. The van der Waals surface area contributed by atoms with E-state index in [1.54, 1.807) is 0 Å². The minimum Gasteiger partial charge on any atom is -0.395 e. The molecule has 0 aliphatic carbocycles. The largest absolute Gasteiger partial charge is 0.395 e. The average molecular weight is 262 g/mol. The van der Waals surface area contributed by atoms with E-state index in [1.165, 1.54) is 16.8 Å². The van der Waals surface area contributed by atoms with Crippen LogP contribution in [0.25, 0.3) is 0 Å². The molecule has 3 nitrogen and oxygen atoms in total. The van der Waals surface area contributed by atoms with E-state index < -0.39 is 0 Å². The predicted octanol–water partition coefficient (Wildman–Crippen LogP) is 2.10. The van der Waals surface area contributed by atoms with Gasteiger partial charge in [-0.05, 0) is 30.4 Å². The lowest BCUT2D eigenvalue weighted by Gasteiger charge is -2.33. The molecule has 1 saturated heterocycles. The fourth-order valence-electron chi connectivity index (χ4n) is 2.99. The fourth-order valence-corrected chi connectivity index (χ4v) is 2.99. The highest BCUT2D eigenvalue weighted by molar-refractivity contribution is 5.59. The number of aryl methyl sites for hydroxylation is 2. The maximum Gasteiger partial charge on any atom is 0.0601 e. The van der Waals surface area contributed by atoms with Gasteiger partial charge in [0.05, 0.1) is 6.61 Å². The minimum absolute atomic E-state index is 0.154. The molecule has 0 radical (unpaired) electrons. The summed E-state index contributed by atoms with van der Waals surface area (Å²) in [6, 6.07) is 6.60. The molecule has 0 bridgehead atoms. The van der Waals surface area contributed by atoms with Crippen LogP contribution in [-0.2, 0) is 0 Å². The van der Waals surface area contributed by atoms with Crippen molar-refractivity contribution in [2.75, 3.05) is 31.1 Å². The van der Waals surface area contributed by atoms with E-state index >= 15 is 0 Å². The van der Waals surface area contributed by atoms with Crippen molar-refractivity contribution < 1.29 is 5.11 Å². The van der Waals surface area contributed by atoms with Gasteiger partial charge in [-0.15, -0.1) is 0 Å². The smallest absolute Gasteiger partial charge is 0.0601 e. The van der Waals surface area contributed by atoms with Crippen LogP contribution in [0.5, 0.6) is 0 Å². The molecule has 2 rings (SSSR count). The molecule has 1 aromatic carbocycles. The zero-order valence-corrected chi connectivity index (χ0v) is 12.5. The van der Waals surface area contributed by atoms with Crippen molar-refractivity contribution in [3.63, 3.8) is 0 Å². The van der Waals surface area contributed by atoms with Crippen molar-refractivity contribution in [2.45, 2.75) is 33.7 Å². The number of rotatable bonds is 2. The summed E-state index contributed by atoms with van der Waals surface area (Å²) in [5.41, 5.74) is 4.17. The van der Waals surface area contributed by atoms with Crippen molar-refractivity contribution in [1.82, 2.24) is 5.32 Å². The third-order valence-corrected chi connectivity index (χ3v) is 3.91. The topological polar surface area (TPSA) is 35.5 Å². The Hall–Kier alpha value is -1.06. The summed E-state index contributed by atoms with van der Waals surface area (Å²) in [7, 11) is 0. The molecule has 1 aliphatic rings. The van der Waals surface area contributed by atoms with Crippen LogP contribution in [0.4, 0.5) is 5.69 Å². The third-order valence-electron chi connectivity index (χ3n) is 3.91. The van der Waals surface area contributed by atoms with Crippen LogP contribution in [0.1, 0.15) is 25.0 Å². The lowest BCUT2D eigenvalue weighted by Crippen LogP contribution is -2.40. The molecule has 0 aromatic heterocycles. The van der Waals surface area contributed by atoms with Crippen LogP contribution in [0.3, 0.4) is 0 Å². The first-order chi connectivity index (χ1) is 8.93. The van der Waals surface area contributed by atoms with E-state index in [-0.39, 0.29) is 18.1 Å². The Morgan fingerprint density at radius 2 is 1.95 bits per heavy atom. The molecule has 1 aliphatic heterocycles. The van der Waals surface area contributed by atoms with Crippen LogP contribution in [0.15, 0.2) is 18.2 Å². The molecule has 1 atom stereocenters. The van der Waals surface area contributed by atoms with Crippen LogP contribution in [-0.4, -0.2) is 37.4 Å². The quantitative estimate of drug-likeness (QED) is 0.857. The summed E-state index contributed by atoms with van der Waals surface area (Å²) in [5.74, 6) is 0. The lowest BCUT2D eigenvalue weighted by atomic mass is 9.92. The predicted molar refractivity (Wildman–Crippen MR) is 80.8 cm³/mol. The Balaban J connectivity index is 2.35. The van der Waals surface area contributed by atoms with Gasteiger partial charge in [0.2, 0.25) is 0 Å². The third kappa shape index (κ3) is 3.28. The van der Waals surface area contributed by atoms with E-state index in [0.29, 0.717) is 0 Å². The molecule has 1 aromatic rings. The minimum atomic E-state index is 0.154. The van der Waals surface area contributed by atoms with Gasteiger partial charge in [0.1, 0.15) is 0 Å². The van der Waals surface area contributed by atoms with Gasteiger partial charge in [0.15, 0.2) is 0 Å². The van der Waals surface area contributed by atoms with Gasteiger partial charge in [-0.1, -0.05) is 32.0 Å². The van der Waals surface area contributed by atoms with Gasteiger partial charge in [0.25, 0.3) is 0 Å². The number of aliphatic hydroxyl groups excluding tert-OH is 1. The van der Waals surface area contributed by atoms with Gasteiger partial charge in [-0.2, -0.15) is 0 Å². The van der Waals surface area contributed by atoms with E-state index in [4.69, 9.17) is 0 Å². The van der Waals surface area contributed by atoms with Crippen LogP contribution in [0.2, 0.25) is 0 Å². The van der Waals surface area contributed by atoms with E-state index in [0.717, 1.165) is 19.6 Å². The Labute approximate surface area is 116 Å². The summed E-state index contributed by atoms with van der Waals surface area (Å²) >= 11 is 0. The Morgan fingerprint density at radius 3 is 2.53 bits per heavy atom. The highest BCUT2D eigenvalue weighted by atomic mass is 16.3. The van der Waals surface area contributed by atoms with E-state index in [1.807, 2.05) is 0 Å². The number of para-hydroxylation sites is 1. The first-order valence-electron chi connectivity index (χ1n) is 7.08. The van der Waals surface area contributed by atoms with Crippen LogP contribution >= 0.6 is 0 Å². The van der Waals surface area contributed by atoms with Gasteiger partial charge >= 0.3 is 0 Å². The number of nitrogens with one attached hydrogen (secondary N) is 1. The molecule has 1 fully saturated rings. The second kappa shape index (κ2) is 5.51. The second-order valence-electron chi connectivity index (χ2n) is 6.55. The highest BCUT2D eigenvalue weighted by Gasteiger charge is 2.29. The zero-order valence-electron chi connectivity index (χ0n) is 12.5. The molecule has 1 unspecified atom stereocenters. The molecule has 2 N–H and O–H groups in total. The summed E-state index contributed by atoms with van der Waals surface area (Å²) in [6.45, 7) is 11.9. The lowest BCUT2D eigenvalue weighted by molar-refractivity contribution is 0.242. The summed E-state index contributed by atoms with van der Waals surface area (Å²) in [4.78, 5) is 2.44. The summed E-state index contributed by atoms with van der Waals surface area (Å²) in [5, 5.41) is 13.0. The molecule has 0 amide bonds. The molecule has 106 valence electrons. The van der Waals surface area contributed by atoms with Gasteiger partial charge in [0, 0.05) is 31.4 Å². The number of nitrogens with zero attached hydrogens (tertiary/aromatic N) is 1. The van der Waals surface area contributed by atoms with E-state index in [9.17, 15) is 5.11 Å². The summed E-state index contributed by atoms with van der Waals surface area (Å²) in [6.07, 6.45) is 0. The maximum atomic E-state index is 9.50. The van der Waals surface area contributed by atoms with Gasteiger partial charge < -0.3 is 15.3 Å². The van der Waals surface area contributed by atoms with Crippen molar-refractivity contribution >= 4 is 5.69 Å².